The van der Waals surface area contributed by atoms with E-state index in [0.29, 0.717) is 19.8 Å². The van der Waals surface area contributed by atoms with Crippen LogP contribution in [-0.2, 0) is 14.2 Å². The Bertz CT molecular complexity index is 205. The predicted molar refractivity (Wildman–Crippen MR) is 59.8 cm³/mol. The molecule has 0 aliphatic heterocycles. The molecule has 3 N–H and O–H groups in total. The first kappa shape index (κ1) is 15.2. The van der Waals surface area contributed by atoms with Crippen molar-refractivity contribution in [3.63, 3.8) is 0 Å². The monoisotopic (exact) mass is 234 g/mol. The van der Waals surface area contributed by atoms with Crippen molar-refractivity contribution in [2.45, 2.75) is 39.7 Å². The third-order valence-electron chi connectivity index (χ3n) is 1.97. The second-order valence-electron chi connectivity index (χ2n) is 3.12. The zero-order chi connectivity index (χ0) is 12.6. The molecule has 0 spiro atoms. The van der Waals surface area contributed by atoms with Crippen molar-refractivity contribution in [2.75, 3.05) is 19.8 Å². The van der Waals surface area contributed by atoms with Crippen molar-refractivity contribution >= 4 is 6.03 Å². The van der Waals surface area contributed by atoms with Crippen molar-refractivity contribution in [2.24, 2.45) is 5.73 Å². The lowest BCUT2D eigenvalue weighted by Gasteiger charge is -2.37. The van der Waals surface area contributed by atoms with E-state index < -0.39 is 18.0 Å². The smallest absolute Gasteiger partial charge is 0.316 e. The van der Waals surface area contributed by atoms with Gasteiger partial charge in [-0.25, -0.2) is 4.79 Å². The fraction of sp³-hybridized carbons (Fsp3) is 0.900. The molecule has 0 fully saturated rings. The first-order valence-electron chi connectivity index (χ1n) is 5.49. The first-order valence-corrected chi connectivity index (χ1v) is 5.49. The Morgan fingerprint density at radius 1 is 1.25 bits per heavy atom. The van der Waals surface area contributed by atoms with Gasteiger partial charge in [-0.2, -0.15) is 0 Å². The average Bonchev–Trinajstić information content (AvgIpc) is 2.17. The largest absolute Gasteiger partial charge is 0.371 e. The van der Waals surface area contributed by atoms with Crippen molar-refractivity contribution in [3.8, 4) is 0 Å². The number of carbonyl (C=O) groups excluding carboxylic acids is 1. The van der Waals surface area contributed by atoms with Gasteiger partial charge in [0, 0.05) is 19.8 Å². The normalized spacial score (nSPS) is 13.5. The number of hydrogen-bond donors (Lipinski definition) is 2. The zero-order valence-electron chi connectivity index (χ0n) is 10.4. The van der Waals surface area contributed by atoms with Gasteiger partial charge >= 0.3 is 6.03 Å². The van der Waals surface area contributed by atoms with Crippen LogP contribution in [0.4, 0.5) is 4.79 Å². The van der Waals surface area contributed by atoms with Crippen LogP contribution in [0.2, 0.25) is 0 Å². The Hall–Kier alpha value is -0.850. The minimum absolute atomic E-state index is 0.373. The molecule has 0 aromatic heterocycles. The van der Waals surface area contributed by atoms with Gasteiger partial charge in [-0.15, -0.1) is 0 Å². The molecule has 0 rings (SSSR count). The summed E-state index contributed by atoms with van der Waals surface area (Å²) in [7, 11) is 0. The van der Waals surface area contributed by atoms with E-state index in [-0.39, 0.29) is 0 Å². The van der Waals surface area contributed by atoms with Crippen LogP contribution in [0.25, 0.3) is 0 Å². The summed E-state index contributed by atoms with van der Waals surface area (Å²) in [5, 5.41) is 2.45. The quantitative estimate of drug-likeness (QED) is 0.609. The minimum atomic E-state index is -1.31. The Morgan fingerprint density at radius 3 is 2.06 bits per heavy atom. The molecule has 0 radical (unpaired) electrons. The van der Waals surface area contributed by atoms with E-state index in [0.717, 1.165) is 0 Å². The number of primary amides is 1. The molecule has 1 atom stereocenters. The Balaban J connectivity index is 4.81. The molecule has 0 aliphatic carbocycles. The van der Waals surface area contributed by atoms with E-state index in [1.807, 2.05) is 6.92 Å². The van der Waals surface area contributed by atoms with Gasteiger partial charge in [0.15, 0.2) is 0 Å². The van der Waals surface area contributed by atoms with Gasteiger partial charge in [-0.3, -0.25) is 5.32 Å². The molecule has 0 saturated heterocycles. The number of carbonyl (C=O) groups is 1. The van der Waals surface area contributed by atoms with Crippen LogP contribution in [0.3, 0.4) is 0 Å². The first-order chi connectivity index (χ1) is 7.52. The van der Waals surface area contributed by atoms with Gasteiger partial charge in [-0.05, 0) is 27.7 Å². The molecule has 2 amide bonds. The number of amides is 2. The van der Waals surface area contributed by atoms with Gasteiger partial charge in [0.1, 0.15) is 6.10 Å². The summed E-state index contributed by atoms with van der Waals surface area (Å²) in [6.07, 6.45) is -0.454. The fourth-order valence-corrected chi connectivity index (χ4v) is 1.41. The number of hydrogen-bond acceptors (Lipinski definition) is 4. The summed E-state index contributed by atoms with van der Waals surface area (Å²) in [6.45, 7) is 8.44. The molecule has 0 aliphatic rings. The van der Waals surface area contributed by atoms with E-state index in [1.54, 1.807) is 20.8 Å². The summed E-state index contributed by atoms with van der Waals surface area (Å²) in [5.41, 5.74) is 5.11. The molecular weight excluding hydrogens is 212 g/mol. The number of nitrogens with one attached hydrogen (secondary N) is 1. The molecule has 0 saturated carbocycles. The van der Waals surface area contributed by atoms with E-state index in [4.69, 9.17) is 19.9 Å². The SMILES string of the molecule is CCOC(C)C(NC(N)=O)(OCC)OCC. The van der Waals surface area contributed by atoms with Gasteiger partial charge in [0.25, 0.3) is 5.91 Å². The van der Waals surface area contributed by atoms with Gasteiger partial charge in [0.2, 0.25) is 0 Å². The van der Waals surface area contributed by atoms with Crippen molar-refractivity contribution in [1.82, 2.24) is 5.32 Å². The maximum Gasteiger partial charge on any atom is 0.316 e. The Labute approximate surface area is 96.4 Å². The van der Waals surface area contributed by atoms with Crippen LogP contribution in [0.5, 0.6) is 0 Å². The van der Waals surface area contributed by atoms with Crippen LogP contribution >= 0.6 is 0 Å². The second kappa shape index (κ2) is 7.43. The van der Waals surface area contributed by atoms with Crippen molar-refractivity contribution in [3.05, 3.63) is 0 Å². The average molecular weight is 234 g/mol. The predicted octanol–water partition coefficient (Wildman–Crippen LogP) is 0.807. The third-order valence-corrected chi connectivity index (χ3v) is 1.97. The summed E-state index contributed by atoms with van der Waals surface area (Å²) in [4.78, 5) is 11.0. The highest BCUT2D eigenvalue weighted by Gasteiger charge is 2.40. The molecular formula is C10H22N2O4. The highest BCUT2D eigenvalue weighted by atomic mass is 16.7. The Kier molecular flexibility index (Phi) is 7.03. The van der Waals surface area contributed by atoms with Crippen molar-refractivity contribution in [1.29, 1.82) is 0 Å². The number of urea groups is 1. The molecule has 6 nitrogen and oxygen atoms in total. The second-order valence-corrected chi connectivity index (χ2v) is 3.12. The lowest BCUT2D eigenvalue weighted by molar-refractivity contribution is -0.294. The van der Waals surface area contributed by atoms with Crippen LogP contribution in [-0.4, -0.2) is 37.9 Å². The van der Waals surface area contributed by atoms with Gasteiger partial charge < -0.3 is 19.9 Å². The number of ether oxygens (including phenoxy) is 3. The van der Waals surface area contributed by atoms with Crippen molar-refractivity contribution < 1.29 is 19.0 Å². The molecule has 0 bridgehead atoms. The maximum atomic E-state index is 11.0. The lowest BCUT2D eigenvalue weighted by Crippen LogP contribution is -2.61. The standard InChI is InChI=1S/C10H22N2O4/c1-5-14-8(4)10(15-6-2,16-7-3)12-9(11)13/h8H,5-7H2,1-4H3,(H3,11,12,13). The third kappa shape index (κ3) is 4.34. The molecule has 0 aromatic carbocycles. The zero-order valence-corrected chi connectivity index (χ0v) is 10.4. The van der Waals surface area contributed by atoms with Crippen LogP contribution in [0, 0.1) is 0 Å². The topological polar surface area (TPSA) is 82.8 Å². The lowest BCUT2D eigenvalue weighted by atomic mass is 10.3. The van der Waals surface area contributed by atoms with Crippen LogP contribution in [0.1, 0.15) is 27.7 Å². The summed E-state index contributed by atoms with van der Waals surface area (Å²) in [5.74, 6) is -1.31. The molecule has 1 unspecified atom stereocenters. The van der Waals surface area contributed by atoms with E-state index in [9.17, 15) is 4.79 Å². The molecule has 6 heteroatoms. The fourth-order valence-electron chi connectivity index (χ4n) is 1.41. The van der Waals surface area contributed by atoms with E-state index in [2.05, 4.69) is 5.32 Å². The van der Waals surface area contributed by atoms with Crippen LogP contribution < -0.4 is 11.1 Å². The number of rotatable bonds is 8. The summed E-state index contributed by atoms with van der Waals surface area (Å²) in [6, 6.07) is -0.714. The van der Waals surface area contributed by atoms with Crippen LogP contribution in [0.15, 0.2) is 0 Å². The minimum Gasteiger partial charge on any atom is -0.371 e. The van der Waals surface area contributed by atoms with E-state index >= 15 is 0 Å². The number of nitrogens with two attached hydrogens (primary N) is 1. The summed E-state index contributed by atoms with van der Waals surface area (Å²) < 4.78 is 16.3. The molecule has 96 valence electrons. The highest BCUT2D eigenvalue weighted by molar-refractivity contribution is 5.72. The van der Waals surface area contributed by atoms with Gasteiger partial charge in [-0.1, -0.05) is 0 Å². The Morgan fingerprint density at radius 2 is 1.75 bits per heavy atom. The van der Waals surface area contributed by atoms with E-state index in [1.165, 1.54) is 0 Å². The molecule has 16 heavy (non-hydrogen) atoms. The van der Waals surface area contributed by atoms with Gasteiger partial charge in [0.05, 0.1) is 0 Å². The molecule has 0 heterocycles. The maximum absolute atomic E-state index is 11.0. The summed E-state index contributed by atoms with van der Waals surface area (Å²) >= 11 is 0. The molecule has 0 aromatic rings. The highest BCUT2D eigenvalue weighted by Crippen LogP contribution is 2.18.